The molecule has 27 heavy (non-hydrogen) atoms. The number of urea groups is 1. The lowest BCUT2D eigenvalue weighted by Gasteiger charge is -2.27. The molecule has 1 unspecified atom stereocenters. The van der Waals surface area contributed by atoms with Crippen LogP contribution >= 0.6 is 11.6 Å². The summed E-state index contributed by atoms with van der Waals surface area (Å²) in [6.45, 7) is 3.99. The number of carbonyl (C=O) groups is 2. The number of nitrogens with zero attached hydrogens (tertiary/aromatic N) is 1. The highest BCUT2D eigenvalue weighted by Gasteiger charge is 2.22. The summed E-state index contributed by atoms with van der Waals surface area (Å²) in [5.74, 6) is -0.117. The summed E-state index contributed by atoms with van der Waals surface area (Å²) in [5.41, 5.74) is 1.75. The van der Waals surface area contributed by atoms with Crippen molar-refractivity contribution in [2.75, 3.05) is 31.6 Å². The summed E-state index contributed by atoms with van der Waals surface area (Å²) in [6, 6.07) is 13.7. The molecule has 1 aliphatic rings. The minimum atomic E-state index is -0.398. The fraction of sp³-hybridized carbons (Fsp3) is 0.300. The van der Waals surface area contributed by atoms with Crippen molar-refractivity contribution >= 4 is 29.2 Å². The molecule has 6 nitrogen and oxygen atoms in total. The number of halogens is 1. The predicted octanol–water partition coefficient (Wildman–Crippen LogP) is 3.70. The van der Waals surface area contributed by atoms with Gasteiger partial charge in [-0.05, 0) is 30.7 Å². The van der Waals surface area contributed by atoms with E-state index in [1.165, 1.54) is 0 Å². The molecule has 3 rings (SSSR count). The number of nitrogens with one attached hydrogen (secondary N) is 2. The van der Waals surface area contributed by atoms with Gasteiger partial charge in [0, 0.05) is 18.1 Å². The molecule has 0 spiro atoms. The molecular weight excluding hydrogens is 366 g/mol. The van der Waals surface area contributed by atoms with Gasteiger partial charge in [0.05, 0.1) is 30.5 Å². The zero-order chi connectivity index (χ0) is 19.2. The van der Waals surface area contributed by atoms with Crippen LogP contribution in [0, 0.1) is 0 Å². The van der Waals surface area contributed by atoms with Gasteiger partial charge in [0.15, 0.2) is 0 Å². The number of benzene rings is 2. The van der Waals surface area contributed by atoms with Gasteiger partial charge in [-0.15, -0.1) is 0 Å². The summed E-state index contributed by atoms with van der Waals surface area (Å²) >= 11 is 6.18. The fourth-order valence-corrected chi connectivity index (χ4v) is 3.27. The molecule has 0 bridgehead atoms. The quantitative estimate of drug-likeness (QED) is 0.840. The van der Waals surface area contributed by atoms with Crippen molar-refractivity contribution < 1.29 is 14.3 Å². The number of morpholine rings is 1. The molecular formula is C20H22ClN3O3. The van der Waals surface area contributed by atoms with Crippen molar-refractivity contribution in [2.24, 2.45) is 0 Å². The van der Waals surface area contributed by atoms with Gasteiger partial charge in [0.2, 0.25) is 0 Å². The van der Waals surface area contributed by atoms with E-state index >= 15 is 0 Å². The maximum atomic E-state index is 12.8. The Balaban J connectivity index is 1.69. The van der Waals surface area contributed by atoms with E-state index in [9.17, 15) is 9.59 Å². The Hall–Kier alpha value is -2.57. The van der Waals surface area contributed by atoms with E-state index in [2.05, 4.69) is 10.6 Å². The number of rotatable bonds is 4. The van der Waals surface area contributed by atoms with Gasteiger partial charge in [0.1, 0.15) is 0 Å². The Morgan fingerprint density at radius 1 is 1.07 bits per heavy atom. The molecule has 2 aromatic carbocycles. The van der Waals surface area contributed by atoms with Crippen LogP contribution in [-0.2, 0) is 4.74 Å². The van der Waals surface area contributed by atoms with Gasteiger partial charge in [0.25, 0.3) is 5.91 Å². The van der Waals surface area contributed by atoms with Crippen molar-refractivity contribution in [2.45, 2.75) is 13.0 Å². The molecule has 1 fully saturated rings. The SMILES string of the molecule is CC(NC(=O)Nc1ccccc1C(=O)N1CCOCC1)c1ccccc1Cl. The van der Waals surface area contributed by atoms with Gasteiger partial charge in [-0.25, -0.2) is 4.79 Å². The number of carbonyl (C=O) groups excluding carboxylic acids is 2. The van der Waals surface area contributed by atoms with Crippen molar-refractivity contribution in [1.82, 2.24) is 10.2 Å². The smallest absolute Gasteiger partial charge is 0.319 e. The van der Waals surface area contributed by atoms with E-state index < -0.39 is 6.03 Å². The lowest BCUT2D eigenvalue weighted by Crippen LogP contribution is -2.41. The number of para-hydroxylation sites is 1. The lowest BCUT2D eigenvalue weighted by atomic mass is 10.1. The molecule has 0 radical (unpaired) electrons. The maximum absolute atomic E-state index is 12.8. The zero-order valence-corrected chi connectivity index (χ0v) is 15.8. The Bertz CT molecular complexity index is 822. The van der Waals surface area contributed by atoms with Crippen molar-refractivity contribution in [3.8, 4) is 0 Å². The van der Waals surface area contributed by atoms with Crippen molar-refractivity contribution in [3.63, 3.8) is 0 Å². The third-order valence-electron chi connectivity index (χ3n) is 4.42. The van der Waals surface area contributed by atoms with Gasteiger partial charge in [-0.3, -0.25) is 4.79 Å². The molecule has 142 valence electrons. The van der Waals surface area contributed by atoms with E-state index in [4.69, 9.17) is 16.3 Å². The highest BCUT2D eigenvalue weighted by Crippen LogP contribution is 2.23. The Morgan fingerprint density at radius 2 is 1.74 bits per heavy atom. The molecule has 7 heteroatoms. The topological polar surface area (TPSA) is 70.7 Å². The molecule has 1 aliphatic heterocycles. The minimum absolute atomic E-state index is 0.117. The standard InChI is InChI=1S/C20H22ClN3O3/c1-14(15-6-2-4-8-17(15)21)22-20(26)23-18-9-5-3-7-16(18)19(25)24-10-12-27-13-11-24/h2-9,14H,10-13H2,1H3,(H2,22,23,26). The normalized spacial score (nSPS) is 15.1. The first-order valence-electron chi connectivity index (χ1n) is 8.84. The van der Waals surface area contributed by atoms with Crippen LogP contribution in [0.25, 0.3) is 0 Å². The van der Waals surface area contributed by atoms with Crippen LogP contribution in [0.5, 0.6) is 0 Å². The second-order valence-corrected chi connectivity index (χ2v) is 6.70. The third-order valence-corrected chi connectivity index (χ3v) is 4.77. The van der Waals surface area contributed by atoms with E-state index in [0.29, 0.717) is 42.6 Å². The van der Waals surface area contributed by atoms with Crippen LogP contribution < -0.4 is 10.6 Å². The van der Waals surface area contributed by atoms with E-state index in [-0.39, 0.29) is 11.9 Å². The lowest BCUT2D eigenvalue weighted by molar-refractivity contribution is 0.0303. The molecule has 1 atom stereocenters. The maximum Gasteiger partial charge on any atom is 0.319 e. The second-order valence-electron chi connectivity index (χ2n) is 6.29. The first kappa shape index (κ1) is 19.2. The highest BCUT2D eigenvalue weighted by atomic mass is 35.5. The summed E-state index contributed by atoms with van der Waals surface area (Å²) in [7, 11) is 0. The fourth-order valence-electron chi connectivity index (χ4n) is 2.97. The molecule has 1 heterocycles. The minimum Gasteiger partial charge on any atom is -0.378 e. The largest absolute Gasteiger partial charge is 0.378 e. The molecule has 2 aromatic rings. The Kier molecular flexibility index (Phi) is 6.32. The van der Waals surface area contributed by atoms with Crippen LogP contribution in [0.4, 0.5) is 10.5 Å². The third kappa shape index (κ3) is 4.78. The van der Waals surface area contributed by atoms with Crippen LogP contribution in [0.3, 0.4) is 0 Å². The molecule has 2 N–H and O–H groups in total. The summed E-state index contributed by atoms with van der Waals surface area (Å²) in [6.07, 6.45) is 0. The zero-order valence-electron chi connectivity index (χ0n) is 15.1. The molecule has 3 amide bonds. The first-order chi connectivity index (χ1) is 13.1. The number of amides is 3. The van der Waals surface area contributed by atoms with Gasteiger partial charge < -0.3 is 20.3 Å². The van der Waals surface area contributed by atoms with Gasteiger partial charge >= 0.3 is 6.03 Å². The molecule has 1 saturated heterocycles. The van der Waals surface area contributed by atoms with Crippen molar-refractivity contribution in [3.05, 3.63) is 64.7 Å². The number of anilines is 1. The number of hydrogen-bond donors (Lipinski definition) is 2. The molecule has 0 aliphatic carbocycles. The number of ether oxygens (including phenoxy) is 1. The van der Waals surface area contributed by atoms with Gasteiger partial charge in [-0.1, -0.05) is 41.9 Å². The summed E-state index contributed by atoms with van der Waals surface area (Å²) in [4.78, 5) is 27.0. The molecule has 0 saturated carbocycles. The average molecular weight is 388 g/mol. The van der Waals surface area contributed by atoms with Crippen LogP contribution in [0.1, 0.15) is 28.9 Å². The van der Waals surface area contributed by atoms with Crippen molar-refractivity contribution in [1.29, 1.82) is 0 Å². The Morgan fingerprint density at radius 3 is 2.48 bits per heavy atom. The average Bonchev–Trinajstić information content (AvgIpc) is 2.68. The van der Waals surface area contributed by atoms with E-state index in [1.807, 2.05) is 25.1 Å². The molecule has 0 aromatic heterocycles. The predicted molar refractivity (Wildman–Crippen MR) is 105 cm³/mol. The monoisotopic (exact) mass is 387 g/mol. The van der Waals surface area contributed by atoms with Crippen LogP contribution in [0.2, 0.25) is 5.02 Å². The van der Waals surface area contributed by atoms with Crippen LogP contribution in [-0.4, -0.2) is 43.1 Å². The van der Waals surface area contributed by atoms with E-state index in [1.54, 1.807) is 35.2 Å². The van der Waals surface area contributed by atoms with E-state index in [0.717, 1.165) is 5.56 Å². The second kappa shape index (κ2) is 8.88. The summed E-state index contributed by atoms with van der Waals surface area (Å²) < 4.78 is 5.29. The highest BCUT2D eigenvalue weighted by molar-refractivity contribution is 6.31. The van der Waals surface area contributed by atoms with Gasteiger partial charge in [-0.2, -0.15) is 0 Å². The summed E-state index contributed by atoms with van der Waals surface area (Å²) in [5, 5.41) is 6.22. The number of hydrogen-bond acceptors (Lipinski definition) is 3. The first-order valence-corrected chi connectivity index (χ1v) is 9.22. The van der Waals surface area contributed by atoms with Crippen LogP contribution in [0.15, 0.2) is 48.5 Å². The Labute approximate surface area is 163 Å².